The van der Waals surface area contributed by atoms with Crippen molar-refractivity contribution in [2.45, 2.75) is 32.7 Å². The first-order chi connectivity index (χ1) is 18.8. The van der Waals surface area contributed by atoms with Gasteiger partial charge < -0.3 is 13.9 Å². The van der Waals surface area contributed by atoms with Crippen LogP contribution in [0.3, 0.4) is 0 Å². The van der Waals surface area contributed by atoms with Crippen molar-refractivity contribution in [2.75, 3.05) is 18.1 Å². The lowest BCUT2D eigenvalue weighted by atomic mass is 9.98. The summed E-state index contributed by atoms with van der Waals surface area (Å²) < 4.78 is 17.0. The molecule has 8 nitrogen and oxygen atoms in total. The zero-order valence-corrected chi connectivity index (χ0v) is 22.9. The molecule has 4 aromatic rings. The molecule has 2 aromatic heterocycles. The van der Waals surface area contributed by atoms with E-state index in [1.165, 1.54) is 17.0 Å². The van der Waals surface area contributed by atoms with Crippen LogP contribution < -0.4 is 15.1 Å². The Kier molecular flexibility index (Phi) is 7.54. The summed E-state index contributed by atoms with van der Waals surface area (Å²) in [6.07, 6.45) is 3.41. The van der Waals surface area contributed by atoms with Gasteiger partial charge in [0.2, 0.25) is 5.76 Å². The maximum atomic E-state index is 13.8. The molecule has 1 unspecified atom stereocenters. The number of unbranched alkanes of at least 4 members (excludes halogenated alkanes) is 1. The Morgan fingerprint density at radius 2 is 2.00 bits per heavy atom. The molecule has 0 bridgehead atoms. The first-order valence-corrected chi connectivity index (χ1v) is 13.6. The van der Waals surface area contributed by atoms with Gasteiger partial charge in [0.15, 0.2) is 10.6 Å². The van der Waals surface area contributed by atoms with Gasteiger partial charge >= 0.3 is 5.97 Å². The Morgan fingerprint density at radius 1 is 1.23 bits per heavy atom. The van der Waals surface area contributed by atoms with Crippen LogP contribution in [0.15, 0.2) is 64.3 Å². The van der Waals surface area contributed by atoms with Crippen LogP contribution in [0.25, 0.3) is 11.0 Å². The number of thiazole rings is 1. The number of fused-ring (bicyclic) bond motifs is 2. The van der Waals surface area contributed by atoms with Gasteiger partial charge in [-0.1, -0.05) is 61.1 Å². The van der Waals surface area contributed by atoms with Crippen LogP contribution in [-0.4, -0.2) is 30.1 Å². The molecule has 0 saturated heterocycles. The van der Waals surface area contributed by atoms with E-state index in [0.717, 1.165) is 24.2 Å². The summed E-state index contributed by atoms with van der Waals surface area (Å²) in [6.45, 7) is 7.94. The van der Waals surface area contributed by atoms with Crippen molar-refractivity contribution in [1.29, 1.82) is 0 Å². The van der Waals surface area contributed by atoms with Gasteiger partial charge in [-0.05, 0) is 49.2 Å². The van der Waals surface area contributed by atoms with Gasteiger partial charge in [0.1, 0.15) is 22.8 Å². The second-order valence-corrected chi connectivity index (χ2v) is 10.4. The van der Waals surface area contributed by atoms with Crippen LogP contribution >= 0.6 is 22.9 Å². The van der Waals surface area contributed by atoms with Crippen molar-refractivity contribution in [3.05, 3.63) is 97.8 Å². The van der Waals surface area contributed by atoms with E-state index in [1.807, 2.05) is 12.1 Å². The second kappa shape index (κ2) is 11.0. The normalized spacial score (nSPS) is 14.5. The number of hydrogen-bond acceptors (Lipinski definition) is 8. The summed E-state index contributed by atoms with van der Waals surface area (Å²) in [6, 6.07) is 11.1. The predicted octanol–water partition coefficient (Wildman–Crippen LogP) is 6.48. The van der Waals surface area contributed by atoms with E-state index in [4.69, 9.17) is 25.5 Å². The minimum Gasteiger partial charge on any atom is -0.494 e. The number of hydrogen-bond donors (Lipinski definition) is 0. The Bertz CT molecular complexity index is 1640. The number of carbonyl (C=O) groups is 2. The summed E-state index contributed by atoms with van der Waals surface area (Å²) in [5, 5.41) is 0.882. The fourth-order valence-electron chi connectivity index (χ4n) is 4.41. The third kappa shape index (κ3) is 4.95. The molecule has 0 spiro atoms. The number of rotatable bonds is 9. The molecule has 1 aliphatic rings. The highest BCUT2D eigenvalue weighted by Gasteiger charge is 2.45. The molecule has 0 saturated carbocycles. The lowest BCUT2D eigenvalue weighted by molar-refractivity contribution is 0.0554. The standard InChI is InChI=1S/C29H25ClN2O6S/c1-4-6-14-36-19-10-7-17(8-11-19)23-22-24(33)20-15-18(30)9-12-21(20)38-25(22)27(34)32(23)29-31-16(3)26(39-29)28(35)37-13-5-2/h5,7-12,15,23H,2,4,6,13-14H2,1,3H3. The highest BCUT2D eigenvalue weighted by molar-refractivity contribution is 7.17. The summed E-state index contributed by atoms with van der Waals surface area (Å²) in [7, 11) is 0. The molecule has 0 N–H and O–H groups in total. The van der Waals surface area contributed by atoms with Crippen molar-refractivity contribution < 1.29 is 23.5 Å². The van der Waals surface area contributed by atoms with Gasteiger partial charge in [0.25, 0.3) is 5.91 Å². The molecular weight excluding hydrogens is 540 g/mol. The number of esters is 1. The number of anilines is 1. The fourth-order valence-corrected chi connectivity index (χ4v) is 5.57. The van der Waals surface area contributed by atoms with Crippen molar-refractivity contribution in [2.24, 2.45) is 0 Å². The number of aryl methyl sites for hydroxylation is 1. The number of halogens is 1. The van der Waals surface area contributed by atoms with Crippen molar-refractivity contribution in [3.8, 4) is 5.75 Å². The SMILES string of the molecule is C=CCOC(=O)c1sc(N2C(=O)c3oc4ccc(Cl)cc4c(=O)c3C2c2ccc(OCCCC)cc2)nc1C. The highest BCUT2D eigenvalue weighted by atomic mass is 35.5. The van der Waals surface area contributed by atoms with Crippen LogP contribution in [0.2, 0.25) is 5.02 Å². The third-order valence-electron chi connectivity index (χ3n) is 6.30. The summed E-state index contributed by atoms with van der Waals surface area (Å²) in [5.41, 5.74) is 1.13. The Balaban J connectivity index is 1.64. The van der Waals surface area contributed by atoms with Gasteiger partial charge in [-0.25, -0.2) is 9.78 Å². The van der Waals surface area contributed by atoms with Crippen molar-refractivity contribution in [1.82, 2.24) is 4.98 Å². The molecule has 10 heteroatoms. The van der Waals surface area contributed by atoms with Gasteiger partial charge in [0, 0.05) is 5.02 Å². The number of amides is 1. The Labute approximate surface area is 233 Å². The molecular formula is C29H25ClN2O6S. The molecule has 1 aliphatic heterocycles. The highest BCUT2D eigenvalue weighted by Crippen LogP contribution is 2.43. The first kappa shape index (κ1) is 26.6. The van der Waals surface area contributed by atoms with Crippen LogP contribution in [0.5, 0.6) is 5.75 Å². The van der Waals surface area contributed by atoms with Crippen LogP contribution in [0.1, 0.15) is 62.9 Å². The quantitative estimate of drug-likeness (QED) is 0.130. The average Bonchev–Trinajstić information content (AvgIpc) is 3.45. The van der Waals surface area contributed by atoms with E-state index in [0.29, 0.717) is 28.6 Å². The maximum absolute atomic E-state index is 13.8. The van der Waals surface area contributed by atoms with Crippen LogP contribution in [0.4, 0.5) is 5.13 Å². The van der Waals surface area contributed by atoms with E-state index < -0.39 is 17.9 Å². The van der Waals surface area contributed by atoms with E-state index in [-0.39, 0.29) is 44.3 Å². The Hall–Kier alpha value is -3.95. The molecule has 39 heavy (non-hydrogen) atoms. The lowest BCUT2D eigenvalue weighted by Crippen LogP contribution is -2.29. The zero-order valence-electron chi connectivity index (χ0n) is 21.4. The molecule has 0 aliphatic carbocycles. The van der Waals surface area contributed by atoms with Gasteiger partial charge in [-0.15, -0.1) is 0 Å². The molecule has 1 amide bonds. The summed E-state index contributed by atoms with van der Waals surface area (Å²) in [5.74, 6) is -0.503. The second-order valence-electron chi connectivity index (χ2n) is 8.96. The van der Waals surface area contributed by atoms with E-state index >= 15 is 0 Å². The van der Waals surface area contributed by atoms with Crippen LogP contribution in [0, 0.1) is 6.92 Å². The zero-order chi connectivity index (χ0) is 27.7. The van der Waals surface area contributed by atoms with Gasteiger partial charge in [-0.3, -0.25) is 14.5 Å². The monoisotopic (exact) mass is 564 g/mol. The van der Waals surface area contributed by atoms with E-state index in [1.54, 1.807) is 31.2 Å². The topological polar surface area (TPSA) is 98.9 Å². The smallest absolute Gasteiger partial charge is 0.350 e. The van der Waals surface area contributed by atoms with Crippen molar-refractivity contribution in [3.63, 3.8) is 0 Å². The van der Waals surface area contributed by atoms with E-state index in [9.17, 15) is 14.4 Å². The molecule has 0 radical (unpaired) electrons. The molecule has 3 heterocycles. The third-order valence-corrected chi connectivity index (χ3v) is 7.68. The maximum Gasteiger partial charge on any atom is 0.350 e. The molecule has 2 aromatic carbocycles. The van der Waals surface area contributed by atoms with Crippen molar-refractivity contribution >= 4 is 50.9 Å². The minimum absolute atomic E-state index is 0.0441. The summed E-state index contributed by atoms with van der Waals surface area (Å²) in [4.78, 5) is 46.4. The Morgan fingerprint density at radius 3 is 2.72 bits per heavy atom. The van der Waals surface area contributed by atoms with E-state index in [2.05, 4.69) is 18.5 Å². The molecule has 5 rings (SSSR count). The lowest BCUT2D eigenvalue weighted by Gasteiger charge is -2.22. The largest absolute Gasteiger partial charge is 0.494 e. The molecule has 1 atom stereocenters. The predicted molar refractivity (Wildman–Crippen MR) is 150 cm³/mol. The number of nitrogens with zero attached hydrogens (tertiary/aromatic N) is 2. The van der Waals surface area contributed by atoms with Crippen LogP contribution in [-0.2, 0) is 4.74 Å². The fraction of sp³-hybridized carbons (Fsp3) is 0.241. The molecule has 200 valence electrons. The minimum atomic E-state index is -0.848. The first-order valence-electron chi connectivity index (χ1n) is 12.4. The number of carbonyl (C=O) groups excluding carboxylic acids is 2. The molecule has 0 fully saturated rings. The number of aromatic nitrogens is 1. The number of benzene rings is 2. The average molecular weight is 565 g/mol. The number of ether oxygens (including phenoxy) is 2. The summed E-state index contributed by atoms with van der Waals surface area (Å²) >= 11 is 7.19. The van der Waals surface area contributed by atoms with Gasteiger partial charge in [-0.2, -0.15) is 0 Å². The van der Waals surface area contributed by atoms with Gasteiger partial charge in [0.05, 0.1) is 29.3 Å².